The summed E-state index contributed by atoms with van der Waals surface area (Å²) >= 11 is 0. The first kappa shape index (κ1) is 17.0. The molecule has 0 heterocycles. The van der Waals surface area contributed by atoms with Crippen molar-refractivity contribution in [1.82, 2.24) is 4.90 Å². The topological polar surface area (TPSA) is 66.8 Å². The molecule has 0 aliphatic heterocycles. The van der Waals surface area contributed by atoms with Crippen LogP contribution in [0.5, 0.6) is 0 Å². The van der Waals surface area contributed by atoms with Crippen molar-refractivity contribution >= 4 is 11.9 Å². The van der Waals surface area contributed by atoms with Gasteiger partial charge in [0.05, 0.1) is 18.4 Å². The van der Waals surface area contributed by atoms with Crippen molar-refractivity contribution in [3.05, 3.63) is 0 Å². The van der Waals surface area contributed by atoms with Gasteiger partial charge in [-0.05, 0) is 24.7 Å². The maximum Gasteiger partial charge on any atom is 0.307 e. The number of carbonyl (C=O) groups is 2. The molecule has 1 fully saturated rings. The second-order valence-electron chi connectivity index (χ2n) is 6.30. The molecule has 0 spiro atoms. The van der Waals surface area contributed by atoms with E-state index in [2.05, 4.69) is 13.8 Å². The minimum absolute atomic E-state index is 0.0208. The second-order valence-corrected chi connectivity index (χ2v) is 6.30. The van der Waals surface area contributed by atoms with Gasteiger partial charge in [0, 0.05) is 20.2 Å². The number of aliphatic carboxylic acids is 1. The minimum Gasteiger partial charge on any atom is -0.481 e. The predicted molar refractivity (Wildman–Crippen MR) is 76.3 cm³/mol. The molecule has 0 radical (unpaired) electrons. The molecule has 5 nitrogen and oxygen atoms in total. The van der Waals surface area contributed by atoms with Crippen LogP contribution in [-0.2, 0) is 14.3 Å². The fraction of sp³-hybridized carbons (Fsp3) is 0.867. The third kappa shape index (κ3) is 4.47. The number of hydrogen-bond acceptors (Lipinski definition) is 3. The van der Waals surface area contributed by atoms with Crippen LogP contribution in [-0.4, -0.2) is 48.7 Å². The zero-order chi connectivity index (χ0) is 15.3. The number of carboxylic acid groups (broad SMARTS) is 1. The monoisotopic (exact) mass is 285 g/mol. The molecular formula is C15H27NO4. The zero-order valence-electron chi connectivity index (χ0n) is 13.0. The molecular weight excluding hydrogens is 258 g/mol. The standard InChI is InChI=1S/C15H27NO4/c1-10(2)9-16(5-6-20-4)14(17)12-7-11(3)8-13(12)15(18)19/h10-13H,5-9H2,1-4H3,(H,18,19). The van der Waals surface area contributed by atoms with E-state index in [-0.39, 0.29) is 11.8 Å². The SMILES string of the molecule is COCCN(CC(C)C)C(=O)C1CC(C)CC1C(=O)O. The highest BCUT2D eigenvalue weighted by atomic mass is 16.5. The second kappa shape index (κ2) is 7.62. The van der Waals surface area contributed by atoms with Gasteiger partial charge >= 0.3 is 5.97 Å². The molecule has 0 saturated heterocycles. The Morgan fingerprint density at radius 1 is 1.30 bits per heavy atom. The van der Waals surface area contributed by atoms with Crippen LogP contribution in [0.15, 0.2) is 0 Å². The van der Waals surface area contributed by atoms with Crippen molar-refractivity contribution in [2.24, 2.45) is 23.7 Å². The molecule has 1 rings (SSSR count). The molecule has 0 bridgehead atoms. The molecule has 1 aliphatic carbocycles. The van der Waals surface area contributed by atoms with Crippen LogP contribution in [0, 0.1) is 23.7 Å². The Labute approximate surface area is 121 Å². The molecule has 1 aliphatic rings. The maximum atomic E-state index is 12.7. The molecule has 1 amide bonds. The van der Waals surface area contributed by atoms with Crippen LogP contribution in [0.2, 0.25) is 0 Å². The summed E-state index contributed by atoms with van der Waals surface area (Å²) in [6, 6.07) is 0. The van der Waals surface area contributed by atoms with Gasteiger partial charge in [0.15, 0.2) is 0 Å². The fourth-order valence-corrected chi connectivity index (χ4v) is 3.01. The van der Waals surface area contributed by atoms with Gasteiger partial charge in [-0.3, -0.25) is 9.59 Å². The molecule has 1 N–H and O–H groups in total. The van der Waals surface area contributed by atoms with Gasteiger partial charge in [-0.25, -0.2) is 0 Å². The van der Waals surface area contributed by atoms with Crippen molar-refractivity contribution in [3.8, 4) is 0 Å². The summed E-state index contributed by atoms with van der Waals surface area (Å²) in [6.07, 6.45) is 1.28. The lowest BCUT2D eigenvalue weighted by Crippen LogP contribution is -2.42. The third-order valence-corrected chi connectivity index (χ3v) is 3.90. The number of rotatable bonds is 7. The zero-order valence-corrected chi connectivity index (χ0v) is 13.0. The number of carbonyl (C=O) groups excluding carboxylic acids is 1. The molecule has 116 valence electrons. The van der Waals surface area contributed by atoms with Gasteiger partial charge in [0.2, 0.25) is 5.91 Å². The van der Waals surface area contributed by atoms with Gasteiger partial charge in [-0.15, -0.1) is 0 Å². The highest BCUT2D eigenvalue weighted by Crippen LogP contribution is 2.37. The lowest BCUT2D eigenvalue weighted by Gasteiger charge is -2.28. The molecule has 5 heteroatoms. The summed E-state index contributed by atoms with van der Waals surface area (Å²) in [5.41, 5.74) is 0. The fourth-order valence-electron chi connectivity index (χ4n) is 3.01. The van der Waals surface area contributed by atoms with E-state index in [1.807, 2.05) is 6.92 Å². The van der Waals surface area contributed by atoms with E-state index in [4.69, 9.17) is 4.74 Å². The first-order chi connectivity index (χ1) is 9.36. The van der Waals surface area contributed by atoms with Crippen molar-refractivity contribution in [1.29, 1.82) is 0 Å². The van der Waals surface area contributed by atoms with Crippen molar-refractivity contribution < 1.29 is 19.4 Å². The number of hydrogen-bond donors (Lipinski definition) is 1. The summed E-state index contributed by atoms with van der Waals surface area (Å²) in [5, 5.41) is 9.29. The van der Waals surface area contributed by atoms with E-state index in [0.29, 0.717) is 44.4 Å². The quantitative estimate of drug-likeness (QED) is 0.775. The number of carboxylic acids is 1. The summed E-state index contributed by atoms with van der Waals surface area (Å²) in [6.45, 7) is 7.80. The number of methoxy groups -OCH3 is 1. The molecule has 0 aromatic rings. The Morgan fingerprint density at radius 2 is 1.90 bits per heavy atom. The Balaban J connectivity index is 2.78. The summed E-state index contributed by atoms with van der Waals surface area (Å²) in [7, 11) is 1.61. The van der Waals surface area contributed by atoms with Crippen molar-refractivity contribution in [2.75, 3.05) is 26.8 Å². The first-order valence-electron chi connectivity index (χ1n) is 7.37. The molecule has 3 atom stereocenters. The van der Waals surface area contributed by atoms with Crippen LogP contribution >= 0.6 is 0 Å². The highest BCUT2D eigenvalue weighted by molar-refractivity contribution is 5.85. The predicted octanol–water partition coefficient (Wildman–Crippen LogP) is 1.86. The third-order valence-electron chi connectivity index (χ3n) is 3.90. The number of amides is 1. The van der Waals surface area contributed by atoms with E-state index in [0.717, 1.165) is 0 Å². The van der Waals surface area contributed by atoms with Crippen LogP contribution in [0.3, 0.4) is 0 Å². The summed E-state index contributed by atoms with van der Waals surface area (Å²) in [4.78, 5) is 25.8. The van der Waals surface area contributed by atoms with E-state index in [1.54, 1.807) is 12.0 Å². The average Bonchev–Trinajstić information content (AvgIpc) is 2.75. The van der Waals surface area contributed by atoms with Crippen LogP contribution in [0.25, 0.3) is 0 Å². The van der Waals surface area contributed by atoms with Crippen LogP contribution in [0.1, 0.15) is 33.6 Å². The van der Waals surface area contributed by atoms with E-state index >= 15 is 0 Å². The number of ether oxygens (including phenoxy) is 1. The largest absolute Gasteiger partial charge is 0.481 e. The Bertz CT molecular complexity index is 343. The van der Waals surface area contributed by atoms with Gasteiger partial charge in [0.1, 0.15) is 0 Å². The molecule has 0 aromatic carbocycles. The maximum absolute atomic E-state index is 12.7. The average molecular weight is 285 g/mol. The van der Waals surface area contributed by atoms with Gasteiger partial charge in [0.25, 0.3) is 0 Å². The van der Waals surface area contributed by atoms with E-state index in [1.165, 1.54) is 0 Å². The highest BCUT2D eigenvalue weighted by Gasteiger charge is 2.42. The summed E-state index contributed by atoms with van der Waals surface area (Å²) < 4.78 is 5.05. The molecule has 3 unspecified atom stereocenters. The van der Waals surface area contributed by atoms with E-state index in [9.17, 15) is 14.7 Å². The number of nitrogens with zero attached hydrogens (tertiary/aromatic N) is 1. The smallest absolute Gasteiger partial charge is 0.307 e. The Hall–Kier alpha value is -1.10. The van der Waals surface area contributed by atoms with Crippen molar-refractivity contribution in [2.45, 2.75) is 33.6 Å². The minimum atomic E-state index is -0.844. The van der Waals surface area contributed by atoms with Gasteiger partial charge in [-0.1, -0.05) is 20.8 Å². The van der Waals surface area contributed by atoms with Gasteiger partial charge in [-0.2, -0.15) is 0 Å². The molecule has 0 aromatic heterocycles. The summed E-state index contributed by atoms with van der Waals surface area (Å²) in [5.74, 6) is -1.12. The van der Waals surface area contributed by atoms with Gasteiger partial charge < -0.3 is 14.7 Å². The Morgan fingerprint density at radius 3 is 2.40 bits per heavy atom. The van der Waals surface area contributed by atoms with Crippen molar-refractivity contribution in [3.63, 3.8) is 0 Å². The molecule has 20 heavy (non-hydrogen) atoms. The lowest BCUT2D eigenvalue weighted by molar-refractivity contribution is -0.149. The Kier molecular flexibility index (Phi) is 6.46. The van der Waals surface area contributed by atoms with E-state index < -0.39 is 11.9 Å². The van der Waals surface area contributed by atoms with Crippen LogP contribution < -0.4 is 0 Å². The lowest BCUT2D eigenvalue weighted by atomic mass is 9.94. The van der Waals surface area contributed by atoms with Crippen LogP contribution in [0.4, 0.5) is 0 Å². The normalized spacial score (nSPS) is 25.9. The first-order valence-corrected chi connectivity index (χ1v) is 7.37. The molecule has 1 saturated carbocycles.